The lowest BCUT2D eigenvalue weighted by Gasteiger charge is -2.09. The van der Waals surface area contributed by atoms with E-state index in [2.05, 4.69) is 36.9 Å². The van der Waals surface area contributed by atoms with E-state index in [1.54, 1.807) is 48.5 Å². The van der Waals surface area contributed by atoms with Crippen molar-refractivity contribution in [2.75, 3.05) is 23.1 Å². The molecule has 0 saturated carbocycles. The van der Waals surface area contributed by atoms with Crippen molar-refractivity contribution in [3.63, 3.8) is 0 Å². The van der Waals surface area contributed by atoms with Crippen LogP contribution in [0, 0.1) is 0 Å². The van der Waals surface area contributed by atoms with Crippen LogP contribution in [0.1, 0.15) is 10.4 Å². The molecule has 9 heteroatoms. The summed E-state index contributed by atoms with van der Waals surface area (Å²) in [5.41, 5.74) is 2.35. The molecule has 3 aromatic carbocycles. The highest BCUT2D eigenvalue weighted by Crippen LogP contribution is 2.35. The quantitative estimate of drug-likeness (QED) is 0.317. The van der Waals surface area contributed by atoms with Crippen molar-refractivity contribution in [2.45, 2.75) is 0 Å². The van der Waals surface area contributed by atoms with Crippen molar-refractivity contribution in [1.29, 1.82) is 0 Å². The lowest BCUT2D eigenvalue weighted by Crippen LogP contribution is -2.19. The van der Waals surface area contributed by atoms with Crippen molar-refractivity contribution in [3.8, 4) is 5.75 Å². The third kappa shape index (κ3) is 5.01. The molecule has 1 aromatic heterocycles. The van der Waals surface area contributed by atoms with Gasteiger partial charge in [-0.3, -0.25) is 10.1 Å². The fourth-order valence-corrected chi connectivity index (χ4v) is 4.22. The van der Waals surface area contributed by atoms with E-state index in [4.69, 9.17) is 4.74 Å². The van der Waals surface area contributed by atoms with Gasteiger partial charge in [0, 0.05) is 27.5 Å². The van der Waals surface area contributed by atoms with E-state index >= 15 is 0 Å². The van der Waals surface area contributed by atoms with E-state index in [1.807, 2.05) is 18.2 Å². The van der Waals surface area contributed by atoms with Gasteiger partial charge in [0.1, 0.15) is 11.3 Å². The Morgan fingerprint density at radius 2 is 1.71 bits per heavy atom. The van der Waals surface area contributed by atoms with Gasteiger partial charge in [0.2, 0.25) is 0 Å². The first-order valence-corrected chi connectivity index (χ1v) is 10.8. The summed E-state index contributed by atoms with van der Waals surface area (Å²) in [4.78, 5) is 29.3. The number of carbonyl (C=O) groups is 2. The van der Waals surface area contributed by atoms with E-state index in [0.717, 1.165) is 9.17 Å². The number of fused-ring (bicyclic) bond motifs is 1. The summed E-state index contributed by atoms with van der Waals surface area (Å²) in [6.07, 6.45) is 0. The molecule has 0 saturated heterocycles. The molecule has 156 valence electrons. The first-order valence-electron chi connectivity index (χ1n) is 9.20. The second-order valence-electron chi connectivity index (χ2n) is 6.45. The molecule has 3 N–H and O–H groups in total. The Labute approximate surface area is 190 Å². The topological polar surface area (TPSA) is 92.4 Å². The second-order valence-corrected chi connectivity index (χ2v) is 8.40. The van der Waals surface area contributed by atoms with E-state index in [1.165, 1.54) is 18.4 Å². The van der Waals surface area contributed by atoms with Crippen molar-refractivity contribution in [3.05, 3.63) is 76.8 Å². The van der Waals surface area contributed by atoms with E-state index in [0.29, 0.717) is 33.3 Å². The molecule has 0 aliphatic carbocycles. The van der Waals surface area contributed by atoms with Gasteiger partial charge in [-0.25, -0.2) is 9.78 Å². The van der Waals surface area contributed by atoms with Crippen LogP contribution in [-0.2, 0) is 0 Å². The molecule has 0 fully saturated rings. The fraction of sp³-hybridized carbons (Fsp3) is 0.0455. The highest BCUT2D eigenvalue weighted by atomic mass is 79.9. The maximum absolute atomic E-state index is 12.4. The highest BCUT2D eigenvalue weighted by Gasteiger charge is 2.15. The lowest BCUT2D eigenvalue weighted by atomic mass is 10.2. The average molecular weight is 497 g/mol. The minimum Gasteiger partial charge on any atom is -0.494 e. The van der Waals surface area contributed by atoms with Gasteiger partial charge in [-0.1, -0.05) is 51.5 Å². The molecule has 0 aliphatic heterocycles. The minimum atomic E-state index is -0.387. The van der Waals surface area contributed by atoms with Gasteiger partial charge in [-0.15, -0.1) is 0 Å². The number of amides is 3. The van der Waals surface area contributed by atoms with Gasteiger partial charge in [-0.2, -0.15) is 0 Å². The average Bonchev–Trinajstić information content (AvgIpc) is 3.16. The Hall–Kier alpha value is -3.43. The summed E-state index contributed by atoms with van der Waals surface area (Å²) in [6.45, 7) is 0. The van der Waals surface area contributed by atoms with Gasteiger partial charge in [-0.05, 0) is 36.4 Å². The number of rotatable bonds is 5. The molecule has 0 atom stereocenters. The minimum absolute atomic E-state index is 0.245. The standard InChI is InChI=1S/C22H17BrN4O3S/c1-30-17-11-16(25-21(29)24-15-9-5-8-14(23)10-15)12-18-19(17)26-22(31-18)27-20(28)13-6-3-2-4-7-13/h2-12H,1H3,(H2,24,25,29)(H,26,27,28). The Balaban J connectivity index is 1.54. The Kier molecular flexibility index (Phi) is 6.15. The van der Waals surface area contributed by atoms with Crippen molar-refractivity contribution in [1.82, 2.24) is 4.98 Å². The first kappa shape index (κ1) is 20.8. The third-order valence-electron chi connectivity index (χ3n) is 4.28. The van der Waals surface area contributed by atoms with Gasteiger partial charge in [0.15, 0.2) is 5.13 Å². The van der Waals surface area contributed by atoms with E-state index in [-0.39, 0.29) is 11.9 Å². The number of carbonyl (C=O) groups excluding carboxylic acids is 2. The molecule has 0 bridgehead atoms. The number of halogens is 1. The zero-order valence-corrected chi connectivity index (χ0v) is 18.7. The summed E-state index contributed by atoms with van der Waals surface area (Å²) in [6, 6.07) is 19.3. The van der Waals surface area contributed by atoms with E-state index < -0.39 is 0 Å². The highest BCUT2D eigenvalue weighted by molar-refractivity contribution is 9.10. The van der Waals surface area contributed by atoms with Crippen LogP contribution in [0.4, 0.5) is 21.3 Å². The Morgan fingerprint density at radius 3 is 2.45 bits per heavy atom. The number of ether oxygens (including phenoxy) is 1. The largest absolute Gasteiger partial charge is 0.494 e. The molecule has 1 heterocycles. The molecule has 0 spiro atoms. The molecule has 4 aromatic rings. The van der Waals surface area contributed by atoms with Crippen LogP contribution in [0.5, 0.6) is 5.75 Å². The molecular weight excluding hydrogens is 480 g/mol. The fourth-order valence-electron chi connectivity index (χ4n) is 2.90. The number of nitrogens with zero attached hydrogens (tertiary/aromatic N) is 1. The summed E-state index contributed by atoms with van der Waals surface area (Å²) in [7, 11) is 1.53. The number of thiazole rings is 1. The summed E-state index contributed by atoms with van der Waals surface area (Å²) >= 11 is 4.67. The number of benzene rings is 3. The van der Waals surface area contributed by atoms with Crippen LogP contribution in [0.2, 0.25) is 0 Å². The number of hydrogen-bond acceptors (Lipinski definition) is 5. The van der Waals surface area contributed by atoms with E-state index in [9.17, 15) is 9.59 Å². The van der Waals surface area contributed by atoms with Gasteiger partial charge in [0.05, 0.1) is 11.8 Å². The maximum atomic E-state index is 12.4. The van der Waals surface area contributed by atoms with Crippen LogP contribution in [0.25, 0.3) is 10.2 Å². The van der Waals surface area contributed by atoms with Gasteiger partial charge < -0.3 is 15.4 Å². The number of aromatic nitrogens is 1. The third-order valence-corrected chi connectivity index (χ3v) is 5.69. The number of anilines is 3. The van der Waals surface area contributed by atoms with Crippen LogP contribution < -0.4 is 20.7 Å². The van der Waals surface area contributed by atoms with Crippen LogP contribution in [0.3, 0.4) is 0 Å². The van der Waals surface area contributed by atoms with Gasteiger partial charge >= 0.3 is 6.03 Å². The SMILES string of the molecule is COc1cc(NC(=O)Nc2cccc(Br)c2)cc2sc(NC(=O)c3ccccc3)nc12. The first-order chi connectivity index (χ1) is 15.0. The Morgan fingerprint density at radius 1 is 0.935 bits per heavy atom. The molecule has 3 amide bonds. The maximum Gasteiger partial charge on any atom is 0.323 e. The summed E-state index contributed by atoms with van der Waals surface area (Å²) < 4.78 is 7.07. The molecule has 7 nitrogen and oxygen atoms in total. The van der Waals surface area contributed by atoms with Crippen molar-refractivity contribution < 1.29 is 14.3 Å². The molecule has 4 rings (SSSR count). The molecular formula is C22H17BrN4O3S. The second kappa shape index (κ2) is 9.15. The summed E-state index contributed by atoms with van der Waals surface area (Å²) in [5, 5.41) is 8.82. The lowest BCUT2D eigenvalue weighted by molar-refractivity contribution is 0.102. The number of hydrogen-bond donors (Lipinski definition) is 3. The molecule has 31 heavy (non-hydrogen) atoms. The predicted octanol–water partition coefficient (Wildman–Crippen LogP) is 5.96. The van der Waals surface area contributed by atoms with Crippen molar-refractivity contribution in [2.24, 2.45) is 0 Å². The smallest absolute Gasteiger partial charge is 0.323 e. The number of nitrogens with one attached hydrogen (secondary N) is 3. The molecule has 0 unspecified atom stereocenters. The monoisotopic (exact) mass is 496 g/mol. The summed E-state index contributed by atoms with van der Waals surface area (Å²) in [5.74, 6) is 0.247. The zero-order chi connectivity index (χ0) is 21.8. The van der Waals surface area contributed by atoms with Crippen LogP contribution in [-0.4, -0.2) is 24.0 Å². The molecule has 0 aliphatic rings. The normalized spacial score (nSPS) is 10.5. The molecule has 0 radical (unpaired) electrons. The van der Waals surface area contributed by atoms with Crippen LogP contribution in [0.15, 0.2) is 71.2 Å². The number of methoxy groups -OCH3 is 1. The number of urea groups is 1. The van der Waals surface area contributed by atoms with Crippen LogP contribution >= 0.6 is 27.3 Å². The Bertz CT molecular complexity index is 1260. The van der Waals surface area contributed by atoms with Crippen molar-refractivity contribution >= 4 is 65.9 Å². The zero-order valence-electron chi connectivity index (χ0n) is 16.3. The van der Waals surface area contributed by atoms with Gasteiger partial charge in [0.25, 0.3) is 5.91 Å². The predicted molar refractivity (Wildman–Crippen MR) is 127 cm³/mol.